The quantitative estimate of drug-likeness (QED) is 0.397. The number of aryl methyl sites for hydroxylation is 1. The molecule has 2 aromatic carbocycles. The van der Waals surface area contributed by atoms with Crippen molar-refractivity contribution in [2.24, 2.45) is 7.05 Å². The van der Waals surface area contributed by atoms with Gasteiger partial charge in [0.1, 0.15) is 12.6 Å². The Bertz CT molecular complexity index is 644. The molecule has 0 saturated carbocycles. The third-order valence-electron chi connectivity index (χ3n) is 2.74. The fraction of sp³-hybridized carbons (Fsp3) is 0.0769. The molecule has 0 unspecified atom stereocenters. The number of rotatable bonds is 0. The Labute approximate surface area is 87.8 Å². The van der Waals surface area contributed by atoms with Crippen LogP contribution in [0, 0.1) is 0 Å². The molecule has 3 aromatic rings. The fourth-order valence-corrected chi connectivity index (χ4v) is 2.01. The molecule has 0 saturated heterocycles. The first kappa shape index (κ1) is 8.36. The van der Waals surface area contributed by atoms with E-state index in [9.17, 15) is 0 Å². The van der Waals surface area contributed by atoms with E-state index in [1.54, 1.807) is 0 Å². The minimum atomic E-state index is 1.04. The summed E-state index contributed by atoms with van der Waals surface area (Å²) in [7, 11) is 2.05. The van der Waals surface area contributed by atoms with Crippen LogP contribution in [0.25, 0.3) is 21.8 Å². The number of hydrogen-bond acceptors (Lipinski definition) is 1. The lowest BCUT2D eigenvalue weighted by Gasteiger charge is -2.00. The molecule has 0 spiro atoms. The first-order valence-corrected chi connectivity index (χ1v) is 4.98. The molecule has 0 amide bonds. The number of nitrogens with zero attached hydrogens (tertiary/aromatic N) is 2. The number of benzene rings is 2. The summed E-state index contributed by atoms with van der Waals surface area (Å²) in [5, 5.41) is 2.51. The summed E-state index contributed by atoms with van der Waals surface area (Å²) in [6.45, 7) is 0. The van der Waals surface area contributed by atoms with Gasteiger partial charge in [0.2, 0.25) is 5.52 Å². The molecule has 72 valence electrons. The first-order valence-electron chi connectivity index (χ1n) is 4.98. The highest BCUT2D eigenvalue weighted by atomic mass is 14.9. The van der Waals surface area contributed by atoms with Crippen molar-refractivity contribution < 1.29 is 4.57 Å². The molecule has 0 aliphatic rings. The molecule has 2 heteroatoms. The van der Waals surface area contributed by atoms with Crippen molar-refractivity contribution in [1.29, 1.82) is 0 Å². The van der Waals surface area contributed by atoms with E-state index < -0.39 is 0 Å². The molecule has 3 rings (SSSR count). The monoisotopic (exact) mass is 195 g/mol. The van der Waals surface area contributed by atoms with Crippen molar-refractivity contribution in [2.75, 3.05) is 0 Å². The van der Waals surface area contributed by atoms with Gasteiger partial charge in [0.15, 0.2) is 6.20 Å². The van der Waals surface area contributed by atoms with Crippen molar-refractivity contribution in [3.8, 4) is 0 Å². The summed E-state index contributed by atoms with van der Waals surface area (Å²) in [4.78, 5) is 4.37. The summed E-state index contributed by atoms with van der Waals surface area (Å²) >= 11 is 0. The third-order valence-corrected chi connectivity index (χ3v) is 2.74. The van der Waals surface area contributed by atoms with E-state index in [1.165, 1.54) is 16.3 Å². The van der Waals surface area contributed by atoms with Crippen molar-refractivity contribution in [1.82, 2.24) is 4.98 Å². The Balaban J connectivity index is 2.64. The predicted molar refractivity (Wildman–Crippen MR) is 60.4 cm³/mol. The van der Waals surface area contributed by atoms with Crippen LogP contribution >= 0.6 is 0 Å². The fourth-order valence-electron chi connectivity index (χ4n) is 2.01. The second kappa shape index (κ2) is 3.02. The molecule has 15 heavy (non-hydrogen) atoms. The second-order valence-electron chi connectivity index (χ2n) is 3.69. The Morgan fingerprint density at radius 2 is 1.93 bits per heavy atom. The van der Waals surface area contributed by atoms with E-state index in [0.717, 1.165) is 5.52 Å². The summed E-state index contributed by atoms with van der Waals surface area (Å²) in [6.07, 6.45) is 3.81. The number of hydrogen-bond donors (Lipinski definition) is 0. The average Bonchev–Trinajstić information content (AvgIpc) is 2.29. The zero-order valence-corrected chi connectivity index (χ0v) is 8.51. The van der Waals surface area contributed by atoms with Crippen LogP contribution in [0.5, 0.6) is 0 Å². The first-order chi connectivity index (χ1) is 7.36. The van der Waals surface area contributed by atoms with E-state index in [-0.39, 0.29) is 0 Å². The minimum Gasteiger partial charge on any atom is -0.244 e. The van der Waals surface area contributed by atoms with Gasteiger partial charge in [-0.2, -0.15) is 4.57 Å². The highest BCUT2D eigenvalue weighted by molar-refractivity contribution is 6.01. The number of fused-ring (bicyclic) bond motifs is 3. The van der Waals surface area contributed by atoms with Crippen molar-refractivity contribution in [3.05, 3.63) is 48.8 Å². The molecule has 0 radical (unpaired) electrons. The van der Waals surface area contributed by atoms with Gasteiger partial charge in [-0.05, 0) is 17.5 Å². The molecule has 0 fully saturated rings. The zero-order chi connectivity index (χ0) is 10.3. The van der Waals surface area contributed by atoms with Crippen molar-refractivity contribution in [3.63, 3.8) is 0 Å². The summed E-state index contributed by atoms with van der Waals surface area (Å²) in [5.41, 5.74) is 2.23. The van der Waals surface area contributed by atoms with Crippen LogP contribution in [-0.2, 0) is 7.05 Å². The summed E-state index contributed by atoms with van der Waals surface area (Å²) in [6, 6.07) is 12.6. The van der Waals surface area contributed by atoms with Crippen LogP contribution in [0.3, 0.4) is 0 Å². The van der Waals surface area contributed by atoms with Crippen LogP contribution in [0.2, 0.25) is 0 Å². The second-order valence-corrected chi connectivity index (χ2v) is 3.69. The van der Waals surface area contributed by atoms with Gasteiger partial charge in [-0.1, -0.05) is 24.3 Å². The van der Waals surface area contributed by atoms with Crippen LogP contribution in [0.1, 0.15) is 0 Å². The van der Waals surface area contributed by atoms with Crippen LogP contribution in [0.15, 0.2) is 48.8 Å². The van der Waals surface area contributed by atoms with E-state index >= 15 is 0 Å². The van der Waals surface area contributed by atoms with Crippen molar-refractivity contribution in [2.45, 2.75) is 0 Å². The SMILES string of the molecule is C[n+]1ccnc2ccc3ccccc3c21. The maximum absolute atomic E-state index is 4.37. The Morgan fingerprint density at radius 3 is 2.87 bits per heavy atom. The maximum Gasteiger partial charge on any atom is 0.238 e. The lowest BCUT2D eigenvalue weighted by atomic mass is 10.1. The van der Waals surface area contributed by atoms with Gasteiger partial charge in [0.05, 0.1) is 11.6 Å². The molecule has 0 atom stereocenters. The van der Waals surface area contributed by atoms with Gasteiger partial charge in [0, 0.05) is 0 Å². The minimum absolute atomic E-state index is 1.04. The van der Waals surface area contributed by atoms with Crippen LogP contribution < -0.4 is 4.57 Å². The molecule has 0 bridgehead atoms. The van der Waals surface area contributed by atoms with E-state index in [2.05, 4.69) is 53.0 Å². The maximum atomic E-state index is 4.37. The summed E-state index contributed by atoms with van der Waals surface area (Å²) < 4.78 is 2.12. The molecule has 0 aliphatic carbocycles. The molecule has 0 N–H and O–H groups in total. The molecule has 1 aromatic heterocycles. The number of aromatic nitrogens is 2. The lowest BCUT2D eigenvalue weighted by molar-refractivity contribution is -0.644. The normalized spacial score (nSPS) is 11.0. The van der Waals surface area contributed by atoms with Crippen molar-refractivity contribution >= 4 is 21.8 Å². The Kier molecular flexibility index (Phi) is 1.68. The van der Waals surface area contributed by atoms with E-state index in [1.807, 2.05) is 12.4 Å². The Hall–Kier alpha value is -1.96. The molecular formula is C13H11N2+. The smallest absolute Gasteiger partial charge is 0.238 e. The van der Waals surface area contributed by atoms with Gasteiger partial charge in [-0.3, -0.25) is 0 Å². The van der Waals surface area contributed by atoms with Crippen LogP contribution in [-0.4, -0.2) is 4.98 Å². The van der Waals surface area contributed by atoms with Gasteiger partial charge in [0.25, 0.3) is 0 Å². The topological polar surface area (TPSA) is 16.8 Å². The average molecular weight is 195 g/mol. The standard InChI is InChI=1S/C13H11N2/c1-15-9-8-14-12-7-6-10-4-2-3-5-11(10)13(12)15/h2-9H,1H3/q+1. The lowest BCUT2D eigenvalue weighted by Crippen LogP contribution is -2.28. The van der Waals surface area contributed by atoms with Gasteiger partial charge >= 0.3 is 0 Å². The van der Waals surface area contributed by atoms with E-state index in [0.29, 0.717) is 0 Å². The van der Waals surface area contributed by atoms with E-state index in [4.69, 9.17) is 0 Å². The van der Waals surface area contributed by atoms with Crippen LogP contribution in [0.4, 0.5) is 0 Å². The Morgan fingerprint density at radius 1 is 1.07 bits per heavy atom. The largest absolute Gasteiger partial charge is 0.244 e. The molecule has 1 heterocycles. The summed E-state index contributed by atoms with van der Waals surface area (Å²) in [5.74, 6) is 0. The highest BCUT2D eigenvalue weighted by Gasteiger charge is 2.09. The molecule has 0 aliphatic heterocycles. The van der Waals surface area contributed by atoms with Gasteiger partial charge in [-0.25, -0.2) is 4.98 Å². The molecule has 2 nitrogen and oxygen atoms in total. The third kappa shape index (κ3) is 1.18. The highest BCUT2D eigenvalue weighted by Crippen LogP contribution is 2.20. The van der Waals surface area contributed by atoms with Gasteiger partial charge < -0.3 is 0 Å². The molecular weight excluding hydrogens is 184 g/mol. The predicted octanol–water partition coefficient (Wildman–Crippen LogP) is 2.21. The van der Waals surface area contributed by atoms with Gasteiger partial charge in [-0.15, -0.1) is 0 Å². The zero-order valence-electron chi connectivity index (χ0n) is 8.51.